The van der Waals surface area contributed by atoms with Crippen molar-refractivity contribution < 1.29 is 18.6 Å². The first-order valence-corrected chi connectivity index (χ1v) is 8.25. The van der Waals surface area contributed by atoms with Gasteiger partial charge >= 0.3 is 0 Å². The van der Waals surface area contributed by atoms with Gasteiger partial charge in [0.25, 0.3) is 0 Å². The summed E-state index contributed by atoms with van der Waals surface area (Å²) in [5, 5.41) is 4.45. The third-order valence-corrected chi connectivity index (χ3v) is 4.69. The molecule has 0 amide bonds. The van der Waals surface area contributed by atoms with Crippen molar-refractivity contribution in [2.24, 2.45) is 11.8 Å². The maximum Gasteiger partial charge on any atom is 0.0195 e. The molecule has 1 atom stereocenters. The number of hydrogen-bond donors (Lipinski definition) is 0. The van der Waals surface area contributed by atoms with Gasteiger partial charge in [0.05, 0.1) is 0 Å². The van der Waals surface area contributed by atoms with Gasteiger partial charge in [0.1, 0.15) is 0 Å². The normalized spacial score (nSPS) is 26.7. The van der Waals surface area contributed by atoms with E-state index in [0.717, 1.165) is 31.0 Å². The molecule has 2 aliphatic heterocycles. The van der Waals surface area contributed by atoms with E-state index in [1.807, 2.05) is 0 Å². The Kier molecular flexibility index (Phi) is 8.77. The van der Waals surface area contributed by atoms with Crippen molar-refractivity contribution in [3.05, 3.63) is 5.32 Å². The molecule has 117 valence electrons. The van der Waals surface area contributed by atoms with Gasteiger partial charge in [-0.25, -0.2) is 0 Å². The molecule has 2 heterocycles. The van der Waals surface area contributed by atoms with Gasteiger partial charge in [-0.05, 0) is 31.7 Å². The summed E-state index contributed by atoms with van der Waals surface area (Å²) < 4.78 is 0. The van der Waals surface area contributed by atoms with Crippen molar-refractivity contribution in [3.63, 3.8) is 0 Å². The molecule has 2 aliphatic rings. The average Bonchev–Trinajstić information content (AvgIpc) is 2.38. The Labute approximate surface area is 137 Å². The van der Waals surface area contributed by atoms with Crippen LogP contribution < -0.4 is 0 Å². The predicted octanol–water partition coefficient (Wildman–Crippen LogP) is 2.82. The van der Waals surface area contributed by atoms with Crippen LogP contribution in [0.25, 0.3) is 5.32 Å². The molecular weight excluding hydrogens is 285 g/mol. The Morgan fingerprint density at radius 3 is 2.45 bits per heavy atom. The first-order valence-electron chi connectivity index (χ1n) is 8.25. The molecule has 3 nitrogen and oxygen atoms in total. The molecule has 0 spiro atoms. The molecule has 2 fully saturated rings. The van der Waals surface area contributed by atoms with E-state index in [2.05, 4.69) is 35.9 Å². The molecular formula is C16H32N3V-. The molecule has 0 bridgehead atoms. The number of nitrogens with zero attached hydrogens (tertiary/aromatic N) is 3. The van der Waals surface area contributed by atoms with Crippen LogP contribution in [-0.2, 0) is 18.6 Å². The van der Waals surface area contributed by atoms with E-state index < -0.39 is 0 Å². The quantitative estimate of drug-likeness (QED) is 0.777. The van der Waals surface area contributed by atoms with Crippen molar-refractivity contribution in [1.29, 1.82) is 0 Å². The fourth-order valence-corrected chi connectivity index (χ4v) is 3.53. The number of piperazine rings is 1. The van der Waals surface area contributed by atoms with Gasteiger partial charge in [-0.1, -0.05) is 26.7 Å². The fourth-order valence-electron chi connectivity index (χ4n) is 3.53. The Morgan fingerprint density at radius 1 is 1.15 bits per heavy atom. The van der Waals surface area contributed by atoms with Gasteiger partial charge in [-0.3, -0.25) is 4.90 Å². The molecule has 0 aliphatic carbocycles. The van der Waals surface area contributed by atoms with Crippen molar-refractivity contribution in [1.82, 2.24) is 9.80 Å². The van der Waals surface area contributed by atoms with E-state index >= 15 is 0 Å². The Morgan fingerprint density at radius 2 is 1.85 bits per heavy atom. The molecule has 0 aromatic rings. The molecule has 1 unspecified atom stereocenters. The Hall–Kier alpha value is 0.464. The van der Waals surface area contributed by atoms with E-state index in [-0.39, 0.29) is 18.6 Å². The first kappa shape index (κ1) is 18.5. The summed E-state index contributed by atoms with van der Waals surface area (Å²) in [4.78, 5) is 5.36. The molecule has 4 heteroatoms. The number of rotatable bonds is 5. The fraction of sp³-hybridized carbons (Fsp3) is 1.00. The topological polar surface area (TPSA) is 20.6 Å². The van der Waals surface area contributed by atoms with Gasteiger partial charge in [0, 0.05) is 50.8 Å². The predicted molar refractivity (Wildman–Crippen MR) is 82.7 cm³/mol. The van der Waals surface area contributed by atoms with Crippen LogP contribution in [-0.4, -0.2) is 61.7 Å². The van der Waals surface area contributed by atoms with Crippen LogP contribution >= 0.6 is 0 Å². The minimum atomic E-state index is 0. The largest absolute Gasteiger partial charge is 0.662 e. The van der Waals surface area contributed by atoms with E-state index in [4.69, 9.17) is 0 Å². The second-order valence-corrected chi connectivity index (χ2v) is 6.94. The van der Waals surface area contributed by atoms with Crippen molar-refractivity contribution in [2.45, 2.75) is 46.1 Å². The van der Waals surface area contributed by atoms with Gasteiger partial charge in [-0.15, -0.1) is 13.1 Å². The van der Waals surface area contributed by atoms with Crippen molar-refractivity contribution >= 4 is 0 Å². The van der Waals surface area contributed by atoms with Crippen LogP contribution in [0.4, 0.5) is 0 Å². The molecule has 2 saturated heterocycles. The van der Waals surface area contributed by atoms with Gasteiger partial charge in [-0.2, -0.15) is 0 Å². The smallest absolute Gasteiger partial charge is 0.0195 e. The number of piperidine rings is 1. The summed E-state index contributed by atoms with van der Waals surface area (Å²) >= 11 is 0. The maximum atomic E-state index is 4.45. The van der Waals surface area contributed by atoms with Crippen LogP contribution in [0.5, 0.6) is 0 Å². The summed E-state index contributed by atoms with van der Waals surface area (Å²) in [6, 6.07) is 0.737. The number of hydrogen-bond acceptors (Lipinski definition) is 2. The monoisotopic (exact) mass is 317 g/mol. The Bertz CT molecular complexity index is 254. The second kappa shape index (κ2) is 9.48. The zero-order valence-electron chi connectivity index (χ0n) is 13.6. The van der Waals surface area contributed by atoms with Gasteiger partial charge in [0.2, 0.25) is 0 Å². The molecule has 0 aromatic carbocycles. The summed E-state index contributed by atoms with van der Waals surface area (Å²) in [7, 11) is 0. The second-order valence-electron chi connectivity index (χ2n) is 6.94. The first-order chi connectivity index (χ1) is 9.15. The zero-order chi connectivity index (χ0) is 13.7. The molecule has 20 heavy (non-hydrogen) atoms. The van der Waals surface area contributed by atoms with Crippen LogP contribution in [0.3, 0.4) is 0 Å². The molecule has 0 saturated carbocycles. The van der Waals surface area contributed by atoms with Gasteiger partial charge < -0.3 is 10.2 Å². The summed E-state index contributed by atoms with van der Waals surface area (Å²) in [6.07, 6.45) is 4.06. The van der Waals surface area contributed by atoms with E-state index in [1.54, 1.807) is 0 Å². The standard InChI is InChI=1S/C16H32N3.V/c1-14(2)12-18-10-11-19(15(3)13-18)9-6-16-4-7-17-8-5-16;/h14-16H,4-13H2,1-3H3;/q-1;. The van der Waals surface area contributed by atoms with Crippen LogP contribution in [0.2, 0.25) is 0 Å². The van der Waals surface area contributed by atoms with E-state index in [9.17, 15) is 0 Å². The third kappa shape index (κ3) is 6.07. The SMILES string of the molecule is CC(C)CN1CCN(CCC2CC[N-]CC2)C(C)C1.[V]. The van der Waals surface area contributed by atoms with E-state index in [1.165, 1.54) is 52.0 Å². The maximum absolute atomic E-state index is 4.45. The van der Waals surface area contributed by atoms with Crippen molar-refractivity contribution in [2.75, 3.05) is 45.8 Å². The Balaban J connectivity index is 0.00000200. The molecule has 0 aromatic heterocycles. The molecule has 1 radical (unpaired) electrons. The summed E-state index contributed by atoms with van der Waals surface area (Å²) in [5.74, 6) is 1.74. The minimum absolute atomic E-state index is 0. The summed E-state index contributed by atoms with van der Waals surface area (Å²) in [6.45, 7) is 15.7. The van der Waals surface area contributed by atoms with E-state index in [0.29, 0.717) is 0 Å². The average molecular weight is 317 g/mol. The molecule has 2 rings (SSSR count). The molecule has 0 N–H and O–H groups in total. The van der Waals surface area contributed by atoms with Crippen LogP contribution in [0, 0.1) is 11.8 Å². The van der Waals surface area contributed by atoms with Crippen molar-refractivity contribution in [3.8, 4) is 0 Å². The minimum Gasteiger partial charge on any atom is -0.662 e. The van der Waals surface area contributed by atoms with Crippen LogP contribution in [0.15, 0.2) is 0 Å². The third-order valence-electron chi connectivity index (χ3n) is 4.69. The van der Waals surface area contributed by atoms with Crippen LogP contribution in [0.1, 0.15) is 40.0 Å². The summed E-state index contributed by atoms with van der Waals surface area (Å²) in [5.41, 5.74) is 0. The zero-order valence-corrected chi connectivity index (χ0v) is 15.0. The van der Waals surface area contributed by atoms with Gasteiger partial charge in [0.15, 0.2) is 0 Å².